The normalized spacial score (nSPS) is 12.9. The van der Waals surface area contributed by atoms with E-state index in [4.69, 9.17) is 0 Å². The Morgan fingerprint density at radius 1 is 0.727 bits per heavy atom. The van der Waals surface area contributed by atoms with Crippen LogP contribution in [0, 0.1) is 0 Å². The van der Waals surface area contributed by atoms with E-state index in [0.29, 0.717) is 0 Å². The van der Waals surface area contributed by atoms with E-state index in [1.165, 1.54) is 43.5 Å². The largest absolute Gasteiger partial charge is 0.354 e. The number of nitrogens with zero attached hydrogens (tertiary/aromatic N) is 1. The summed E-state index contributed by atoms with van der Waals surface area (Å²) in [7, 11) is 0. The van der Waals surface area contributed by atoms with Crippen LogP contribution in [-0.2, 0) is 0 Å². The molecule has 2 heteroatoms. The first-order valence-corrected chi connectivity index (χ1v) is 11.3. The maximum atomic E-state index is 3.89. The Hall–Kier alpha value is -4.30. The van der Waals surface area contributed by atoms with Gasteiger partial charge in [0.2, 0.25) is 0 Å². The fraction of sp³-hybridized carbons (Fsp3) is 0.0323. The average molecular weight is 425 g/mol. The number of hydrogen-bond acceptors (Lipinski definition) is 0. The van der Waals surface area contributed by atoms with E-state index in [9.17, 15) is 0 Å². The molecular formula is C31H24N2. The van der Waals surface area contributed by atoms with Gasteiger partial charge in [0.05, 0.1) is 11.0 Å². The van der Waals surface area contributed by atoms with Gasteiger partial charge in [-0.3, -0.25) is 0 Å². The van der Waals surface area contributed by atoms with Crippen LogP contribution in [0.25, 0.3) is 61.7 Å². The van der Waals surface area contributed by atoms with Crippen molar-refractivity contribution in [3.8, 4) is 16.8 Å². The fourth-order valence-electron chi connectivity index (χ4n) is 5.05. The summed E-state index contributed by atoms with van der Waals surface area (Å²) in [5.74, 6) is 0. The highest BCUT2D eigenvalue weighted by Gasteiger charge is 2.16. The molecule has 33 heavy (non-hydrogen) atoms. The molecule has 4 aromatic carbocycles. The Morgan fingerprint density at radius 3 is 2.21 bits per heavy atom. The molecule has 2 aromatic heterocycles. The van der Waals surface area contributed by atoms with E-state index in [-0.39, 0.29) is 0 Å². The Kier molecular flexibility index (Phi) is 4.51. The van der Waals surface area contributed by atoms with Gasteiger partial charge in [0.1, 0.15) is 0 Å². The highest BCUT2D eigenvalue weighted by atomic mass is 15.0. The van der Waals surface area contributed by atoms with Gasteiger partial charge in [-0.15, -0.1) is 0 Å². The number of nitrogens with one attached hydrogen (secondary N) is 1. The maximum Gasteiger partial charge on any atom is 0.0548 e. The summed E-state index contributed by atoms with van der Waals surface area (Å²) in [5.41, 5.74) is 7.19. The van der Waals surface area contributed by atoms with Gasteiger partial charge in [-0.2, -0.15) is 0 Å². The summed E-state index contributed by atoms with van der Waals surface area (Å²) >= 11 is 0. The molecule has 158 valence electrons. The van der Waals surface area contributed by atoms with Crippen molar-refractivity contribution in [3.05, 3.63) is 114 Å². The van der Waals surface area contributed by atoms with Gasteiger partial charge in [0, 0.05) is 37.9 Å². The highest BCUT2D eigenvalue weighted by molar-refractivity contribution is 6.21. The molecule has 6 rings (SSSR count). The van der Waals surface area contributed by atoms with Crippen LogP contribution >= 0.6 is 0 Å². The molecule has 0 amide bonds. The number of aromatic amines is 1. The van der Waals surface area contributed by atoms with Crippen molar-refractivity contribution in [3.63, 3.8) is 0 Å². The number of H-pyrrole nitrogens is 1. The lowest BCUT2D eigenvalue weighted by atomic mass is 10.1. The molecule has 0 aliphatic carbocycles. The van der Waals surface area contributed by atoms with Crippen molar-refractivity contribution in [1.82, 2.24) is 9.55 Å². The first kappa shape index (κ1) is 19.4. The van der Waals surface area contributed by atoms with Crippen LogP contribution in [-0.4, -0.2) is 9.55 Å². The fourth-order valence-corrected chi connectivity index (χ4v) is 5.05. The van der Waals surface area contributed by atoms with E-state index in [1.54, 1.807) is 0 Å². The third-order valence-electron chi connectivity index (χ3n) is 6.47. The van der Waals surface area contributed by atoms with Gasteiger partial charge in [-0.05, 0) is 54.5 Å². The third kappa shape index (κ3) is 2.95. The van der Waals surface area contributed by atoms with Crippen LogP contribution in [0.4, 0.5) is 0 Å². The van der Waals surface area contributed by atoms with Gasteiger partial charge < -0.3 is 9.55 Å². The Morgan fingerprint density at radius 2 is 1.45 bits per heavy atom. The summed E-state index contributed by atoms with van der Waals surface area (Å²) in [4.78, 5) is 3.58. The van der Waals surface area contributed by atoms with Gasteiger partial charge in [0.15, 0.2) is 0 Å². The quantitative estimate of drug-likeness (QED) is 0.326. The van der Waals surface area contributed by atoms with Crippen LogP contribution in [0.3, 0.4) is 0 Å². The number of hydrogen-bond donors (Lipinski definition) is 1. The highest BCUT2D eigenvalue weighted by Crippen LogP contribution is 2.35. The molecule has 0 bridgehead atoms. The second kappa shape index (κ2) is 7.68. The van der Waals surface area contributed by atoms with Crippen LogP contribution in [0.1, 0.15) is 6.92 Å². The lowest BCUT2D eigenvalue weighted by molar-refractivity contribution is 1.18. The van der Waals surface area contributed by atoms with Gasteiger partial charge in [-0.1, -0.05) is 79.4 Å². The number of benzene rings is 4. The first-order chi connectivity index (χ1) is 16.3. The predicted octanol–water partition coefficient (Wildman–Crippen LogP) is 6.70. The Balaban J connectivity index is 1.69. The monoisotopic (exact) mass is 424 g/mol. The topological polar surface area (TPSA) is 20.7 Å². The summed E-state index contributed by atoms with van der Waals surface area (Å²) in [5, 5.41) is 6.12. The van der Waals surface area contributed by atoms with Crippen molar-refractivity contribution in [2.75, 3.05) is 0 Å². The molecule has 0 spiro atoms. The zero-order valence-electron chi connectivity index (χ0n) is 18.5. The van der Waals surface area contributed by atoms with Crippen molar-refractivity contribution in [2.45, 2.75) is 6.92 Å². The van der Waals surface area contributed by atoms with E-state index in [1.807, 2.05) is 12.2 Å². The summed E-state index contributed by atoms with van der Waals surface area (Å²) < 4.78 is 2.38. The van der Waals surface area contributed by atoms with Gasteiger partial charge in [-0.25, -0.2) is 0 Å². The number of aromatic nitrogens is 2. The molecule has 1 N–H and O–H groups in total. The van der Waals surface area contributed by atoms with Crippen LogP contribution < -0.4 is 10.6 Å². The zero-order chi connectivity index (χ0) is 22.4. The number of fused-ring (bicyclic) bond motifs is 5. The molecule has 0 fully saturated rings. The van der Waals surface area contributed by atoms with E-state index in [0.717, 1.165) is 16.6 Å². The number of para-hydroxylation sites is 1. The van der Waals surface area contributed by atoms with Gasteiger partial charge in [0.25, 0.3) is 0 Å². The van der Waals surface area contributed by atoms with Crippen LogP contribution in [0.15, 0.2) is 104 Å². The summed E-state index contributed by atoms with van der Waals surface area (Å²) in [6.45, 7) is 5.99. The average Bonchev–Trinajstić information content (AvgIpc) is 3.39. The molecule has 2 heterocycles. The molecule has 6 aromatic rings. The minimum Gasteiger partial charge on any atom is -0.354 e. The lowest BCUT2D eigenvalue weighted by Gasteiger charge is -2.09. The molecule has 0 radical (unpaired) electrons. The van der Waals surface area contributed by atoms with E-state index in [2.05, 4.69) is 120 Å². The van der Waals surface area contributed by atoms with Crippen molar-refractivity contribution >= 4 is 44.9 Å². The van der Waals surface area contributed by atoms with E-state index < -0.39 is 0 Å². The predicted molar refractivity (Wildman–Crippen MR) is 142 cm³/mol. The molecule has 0 unspecified atom stereocenters. The second-order valence-corrected chi connectivity index (χ2v) is 8.29. The lowest BCUT2D eigenvalue weighted by Crippen LogP contribution is -2.21. The standard InChI is InChI=1S/C31H24N2/c1-3-10-26-24(4-2)30-27(32-26)19-20-29-31(30)25-13-8-9-14-28(25)33(29)23-17-15-22(16-18-23)21-11-6-5-7-12-21/h3-20,32H,1H2,2H3/b24-4+,26-10+. The SMILES string of the molecule is C=C/C=c1/[nH]c2ccc3c(c4ccccc4n3-c3ccc(-c4ccccc4)cc3)c2/c1=C/C. The second-order valence-electron chi connectivity index (χ2n) is 8.29. The Labute approximate surface area is 192 Å². The van der Waals surface area contributed by atoms with Crippen molar-refractivity contribution in [2.24, 2.45) is 0 Å². The van der Waals surface area contributed by atoms with Gasteiger partial charge >= 0.3 is 0 Å². The molecule has 0 aliphatic rings. The van der Waals surface area contributed by atoms with Crippen LogP contribution in [0.5, 0.6) is 0 Å². The third-order valence-corrected chi connectivity index (χ3v) is 6.47. The first-order valence-electron chi connectivity index (χ1n) is 11.3. The molecule has 0 saturated heterocycles. The molecule has 0 saturated carbocycles. The van der Waals surface area contributed by atoms with E-state index >= 15 is 0 Å². The molecule has 2 nitrogen and oxygen atoms in total. The van der Waals surface area contributed by atoms with Crippen LogP contribution in [0.2, 0.25) is 0 Å². The van der Waals surface area contributed by atoms with Crippen molar-refractivity contribution in [1.29, 1.82) is 0 Å². The summed E-state index contributed by atoms with van der Waals surface area (Å²) in [6, 6.07) is 32.5. The Bertz CT molecular complexity index is 1760. The summed E-state index contributed by atoms with van der Waals surface area (Å²) in [6.07, 6.45) is 6.07. The minimum absolute atomic E-state index is 1.10. The number of allylic oxidation sites excluding steroid dienone is 1. The zero-order valence-corrected chi connectivity index (χ0v) is 18.5. The van der Waals surface area contributed by atoms with Crippen molar-refractivity contribution < 1.29 is 0 Å². The number of rotatable bonds is 3. The molecule has 0 aliphatic heterocycles. The maximum absolute atomic E-state index is 3.89. The minimum atomic E-state index is 1.10. The molecular weight excluding hydrogens is 400 g/mol. The molecule has 0 atom stereocenters. The smallest absolute Gasteiger partial charge is 0.0548 e.